The molecule has 0 aliphatic heterocycles. The molecule has 0 spiro atoms. The zero-order chi connectivity index (χ0) is 22.1. The van der Waals surface area contributed by atoms with E-state index in [0.29, 0.717) is 30.3 Å². The Kier molecular flexibility index (Phi) is 8.69. The van der Waals surface area contributed by atoms with E-state index in [0.717, 1.165) is 11.1 Å². The number of amides is 1. The minimum absolute atomic E-state index is 0.235. The molecule has 0 aromatic heterocycles. The van der Waals surface area contributed by atoms with Crippen LogP contribution in [-0.2, 0) is 27.2 Å². The van der Waals surface area contributed by atoms with Gasteiger partial charge in [-0.05, 0) is 56.5 Å². The Balaban J connectivity index is 1.89. The minimum atomic E-state index is -1.07. The molecule has 2 N–H and O–H groups in total. The van der Waals surface area contributed by atoms with Crippen LogP contribution in [0.25, 0.3) is 0 Å². The Hall–Kier alpha value is -2.57. The maximum atomic E-state index is 12.6. The van der Waals surface area contributed by atoms with Crippen molar-refractivity contribution in [3.63, 3.8) is 0 Å². The van der Waals surface area contributed by atoms with Gasteiger partial charge in [0.05, 0.1) is 0 Å². The molecule has 6 nitrogen and oxygen atoms in total. The number of hydrogen-bond donors (Lipinski definition) is 2. The molecule has 0 saturated carbocycles. The Labute approximate surface area is 182 Å². The summed E-state index contributed by atoms with van der Waals surface area (Å²) in [5.41, 5.74) is 0.711. The summed E-state index contributed by atoms with van der Waals surface area (Å²) in [6.07, 6.45) is -0.00188. The first-order valence-electron chi connectivity index (χ1n) is 9.87. The van der Waals surface area contributed by atoms with Gasteiger partial charge < -0.3 is 19.9 Å². The van der Waals surface area contributed by atoms with Crippen molar-refractivity contribution < 1.29 is 24.2 Å². The average molecular weight is 434 g/mol. The van der Waals surface area contributed by atoms with Crippen molar-refractivity contribution in [3.05, 3.63) is 64.7 Å². The Bertz CT molecular complexity index is 851. The van der Waals surface area contributed by atoms with Crippen LogP contribution in [0.5, 0.6) is 5.75 Å². The molecule has 0 aliphatic carbocycles. The van der Waals surface area contributed by atoms with Gasteiger partial charge in [-0.3, -0.25) is 4.79 Å². The number of rotatable bonds is 11. The number of carbonyl (C=O) groups excluding carboxylic acids is 1. The second kappa shape index (κ2) is 11.0. The van der Waals surface area contributed by atoms with Gasteiger partial charge in [0.25, 0.3) is 5.91 Å². The third kappa shape index (κ3) is 7.04. The molecular weight excluding hydrogens is 406 g/mol. The van der Waals surface area contributed by atoms with Gasteiger partial charge in [-0.1, -0.05) is 41.9 Å². The lowest BCUT2D eigenvalue weighted by Gasteiger charge is -2.25. The van der Waals surface area contributed by atoms with Crippen LogP contribution in [0.15, 0.2) is 48.5 Å². The average Bonchev–Trinajstić information content (AvgIpc) is 2.70. The molecule has 2 rings (SSSR count). The minimum Gasteiger partial charge on any atom is -0.479 e. The van der Waals surface area contributed by atoms with E-state index in [1.165, 1.54) is 0 Å². The molecule has 0 fully saturated rings. The normalized spacial score (nSPS) is 12.3. The zero-order valence-electron chi connectivity index (χ0n) is 17.5. The van der Waals surface area contributed by atoms with Crippen LogP contribution >= 0.6 is 11.6 Å². The number of carbonyl (C=O) groups is 2. The van der Waals surface area contributed by atoms with Crippen molar-refractivity contribution >= 4 is 23.5 Å². The molecule has 1 atom stereocenters. The largest absolute Gasteiger partial charge is 0.479 e. The molecular formula is C23H28ClNO5. The summed E-state index contributed by atoms with van der Waals surface area (Å²) in [7, 11) is 0. The van der Waals surface area contributed by atoms with Crippen LogP contribution in [-0.4, -0.2) is 41.8 Å². The lowest BCUT2D eigenvalue weighted by atomic mass is 10.1. The van der Waals surface area contributed by atoms with Gasteiger partial charge in [0.15, 0.2) is 11.7 Å². The summed E-state index contributed by atoms with van der Waals surface area (Å²) in [5.74, 6) is -0.707. The molecule has 0 saturated heterocycles. The number of carboxylic acids is 1. The lowest BCUT2D eigenvalue weighted by Crippen LogP contribution is -2.47. The van der Waals surface area contributed by atoms with E-state index >= 15 is 0 Å². The molecule has 7 heteroatoms. The summed E-state index contributed by atoms with van der Waals surface area (Å²) in [4.78, 5) is 23.8. The molecule has 1 amide bonds. The third-order valence-corrected chi connectivity index (χ3v) is 4.91. The van der Waals surface area contributed by atoms with E-state index in [1.807, 2.05) is 24.3 Å². The summed E-state index contributed by atoms with van der Waals surface area (Å²) in [5, 5.41) is 12.7. The van der Waals surface area contributed by atoms with Crippen molar-refractivity contribution in [2.75, 3.05) is 13.2 Å². The van der Waals surface area contributed by atoms with Crippen LogP contribution in [0.2, 0.25) is 5.02 Å². The van der Waals surface area contributed by atoms with Crippen molar-refractivity contribution in [3.8, 4) is 5.75 Å². The van der Waals surface area contributed by atoms with Crippen molar-refractivity contribution in [2.24, 2.45) is 0 Å². The second-order valence-corrected chi connectivity index (χ2v) is 7.75. The second-order valence-electron chi connectivity index (χ2n) is 7.34. The van der Waals surface area contributed by atoms with E-state index in [2.05, 4.69) is 5.32 Å². The number of nitrogens with one attached hydrogen (secondary N) is 1. The van der Waals surface area contributed by atoms with Crippen molar-refractivity contribution in [1.29, 1.82) is 0 Å². The van der Waals surface area contributed by atoms with Gasteiger partial charge in [-0.2, -0.15) is 0 Å². The van der Waals surface area contributed by atoms with Gasteiger partial charge in [0.2, 0.25) is 0 Å². The molecule has 0 aliphatic rings. The van der Waals surface area contributed by atoms with Crippen LogP contribution in [0.1, 0.15) is 31.9 Å². The summed E-state index contributed by atoms with van der Waals surface area (Å²) < 4.78 is 11.1. The van der Waals surface area contributed by atoms with Gasteiger partial charge in [-0.25, -0.2) is 4.79 Å². The van der Waals surface area contributed by atoms with Gasteiger partial charge in [0.1, 0.15) is 5.75 Å². The van der Waals surface area contributed by atoms with Crippen molar-refractivity contribution in [1.82, 2.24) is 5.32 Å². The Morgan fingerprint density at radius 3 is 2.40 bits per heavy atom. The fourth-order valence-corrected chi connectivity index (χ4v) is 3.12. The lowest BCUT2D eigenvalue weighted by molar-refractivity contribution is -0.150. The Morgan fingerprint density at radius 2 is 1.80 bits per heavy atom. The fourth-order valence-electron chi connectivity index (χ4n) is 2.89. The monoisotopic (exact) mass is 433 g/mol. The van der Waals surface area contributed by atoms with Crippen LogP contribution in [0.3, 0.4) is 0 Å². The number of carboxylic acid groups (broad SMARTS) is 1. The fraction of sp³-hybridized carbons (Fsp3) is 0.391. The molecule has 2 aromatic rings. The van der Waals surface area contributed by atoms with E-state index < -0.39 is 17.7 Å². The number of aliphatic carboxylic acids is 1. The van der Waals surface area contributed by atoms with Crippen LogP contribution < -0.4 is 10.1 Å². The first kappa shape index (κ1) is 23.7. The zero-order valence-corrected chi connectivity index (χ0v) is 18.2. The van der Waals surface area contributed by atoms with E-state index in [1.54, 1.807) is 45.0 Å². The first-order chi connectivity index (χ1) is 14.2. The predicted molar refractivity (Wildman–Crippen MR) is 116 cm³/mol. The molecule has 0 unspecified atom stereocenters. The highest BCUT2D eigenvalue weighted by Gasteiger charge is 2.29. The van der Waals surface area contributed by atoms with E-state index in [4.69, 9.17) is 21.1 Å². The third-order valence-electron chi connectivity index (χ3n) is 4.55. The maximum Gasteiger partial charge on any atom is 0.333 e. The molecule has 30 heavy (non-hydrogen) atoms. The summed E-state index contributed by atoms with van der Waals surface area (Å²) in [6, 6.07) is 14.5. The topological polar surface area (TPSA) is 84.9 Å². The summed E-state index contributed by atoms with van der Waals surface area (Å²) in [6.45, 7) is 5.93. The van der Waals surface area contributed by atoms with E-state index in [9.17, 15) is 14.7 Å². The molecule has 162 valence electrons. The number of hydrogen-bond acceptors (Lipinski definition) is 4. The SMILES string of the molecule is CCO[C@@H](Cc1ccc(OC(C)(C)C(=O)NCCc2ccccc2Cl)cc1)C(=O)O. The number of ether oxygens (including phenoxy) is 2. The quantitative estimate of drug-likeness (QED) is 0.561. The molecule has 0 bridgehead atoms. The van der Waals surface area contributed by atoms with Gasteiger partial charge in [0, 0.05) is 24.6 Å². The highest BCUT2D eigenvalue weighted by molar-refractivity contribution is 6.31. The molecule has 2 aromatic carbocycles. The van der Waals surface area contributed by atoms with E-state index in [-0.39, 0.29) is 12.3 Å². The highest BCUT2D eigenvalue weighted by Crippen LogP contribution is 2.21. The Morgan fingerprint density at radius 1 is 1.13 bits per heavy atom. The standard InChI is InChI=1S/C23H28ClNO5/c1-4-29-20(21(26)27)15-16-9-11-18(12-10-16)30-23(2,3)22(28)25-14-13-17-7-5-6-8-19(17)24/h5-12,20H,4,13-15H2,1-3H3,(H,25,28)(H,26,27)/t20-/m0/s1. The molecule has 0 heterocycles. The number of benzene rings is 2. The van der Waals surface area contributed by atoms with Gasteiger partial charge in [-0.15, -0.1) is 0 Å². The van der Waals surface area contributed by atoms with Gasteiger partial charge >= 0.3 is 5.97 Å². The first-order valence-corrected chi connectivity index (χ1v) is 10.2. The van der Waals surface area contributed by atoms with Crippen LogP contribution in [0, 0.1) is 0 Å². The number of halogens is 1. The maximum absolute atomic E-state index is 12.6. The predicted octanol–water partition coefficient (Wildman–Crippen LogP) is 3.89. The smallest absolute Gasteiger partial charge is 0.333 e. The highest BCUT2D eigenvalue weighted by atomic mass is 35.5. The summed E-state index contributed by atoms with van der Waals surface area (Å²) >= 11 is 6.14. The van der Waals surface area contributed by atoms with Crippen molar-refractivity contribution in [2.45, 2.75) is 45.3 Å². The van der Waals surface area contributed by atoms with Crippen LogP contribution in [0.4, 0.5) is 0 Å². The molecule has 0 radical (unpaired) electrons.